The molecule has 0 aliphatic heterocycles. The molecule has 1 atom stereocenters. The molecular weight excluding hydrogens is 230 g/mol. The Morgan fingerprint density at radius 1 is 1.35 bits per heavy atom. The second-order valence-corrected chi connectivity index (χ2v) is 4.80. The molecule has 0 fully saturated rings. The fourth-order valence-electron chi connectivity index (χ4n) is 2.07. The molecule has 0 saturated carbocycles. The van der Waals surface area contributed by atoms with E-state index < -0.39 is 0 Å². The molecule has 4 heteroatoms. The number of H-pyrrole nitrogens is 1. The van der Waals surface area contributed by atoms with Gasteiger partial charge in [0, 0.05) is 34.9 Å². The number of benzene rings is 1. The number of hydrogen-bond acceptors (Lipinski definition) is 3. The lowest BCUT2D eigenvalue weighted by molar-refractivity contribution is 0.715. The Morgan fingerprint density at radius 3 is 3.06 bits per heavy atom. The topological polar surface area (TPSA) is 54.7 Å². The molecule has 0 amide bonds. The number of aromatic nitrogens is 2. The van der Waals surface area contributed by atoms with Crippen molar-refractivity contribution >= 4 is 22.2 Å². The summed E-state index contributed by atoms with van der Waals surface area (Å²) in [5, 5.41) is 3.25. The van der Waals surface area contributed by atoms with Gasteiger partial charge in [0.15, 0.2) is 0 Å². The molecule has 3 nitrogen and oxygen atoms in total. The third-order valence-electron chi connectivity index (χ3n) is 2.93. The van der Waals surface area contributed by atoms with Crippen molar-refractivity contribution in [1.82, 2.24) is 9.97 Å². The van der Waals surface area contributed by atoms with Crippen molar-refractivity contribution in [3.63, 3.8) is 0 Å². The first kappa shape index (κ1) is 10.5. The average molecular weight is 243 g/mol. The van der Waals surface area contributed by atoms with E-state index in [0.29, 0.717) is 0 Å². The number of aromatic amines is 1. The van der Waals surface area contributed by atoms with Crippen LogP contribution in [0, 0.1) is 0 Å². The summed E-state index contributed by atoms with van der Waals surface area (Å²) >= 11 is 1.61. The van der Waals surface area contributed by atoms with Crippen LogP contribution in [0.1, 0.15) is 17.3 Å². The van der Waals surface area contributed by atoms with E-state index in [-0.39, 0.29) is 6.04 Å². The van der Waals surface area contributed by atoms with Crippen molar-refractivity contribution in [2.24, 2.45) is 5.73 Å². The van der Waals surface area contributed by atoms with E-state index >= 15 is 0 Å². The Hall–Kier alpha value is -1.65. The Bertz CT molecular complexity index is 612. The maximum Gasteiger partial charge on any atom is 0.0794 e. The number of nitrogens with zero attached hydrogens (tertiary/aromatic N) is 1. The number of para-hydroxylation sites is 1. The SMILES string of the molecule is NC(Cc1cscn1)c1c[nH]c2ccccc12. The third kappa shape index (κ3) is 1.97. The molecule has 0 saturated heterocycles. The first-order chi connectivity index (χ1) is 8.34. The molecule has 1 unspecified atom stereocenters. The number of fused-ring (bicyclic) bond motifs is 1. The van der Waals surface area contributed by atoms with Gasteiger partial charge in [-0.3, -0.25) is 0 Å². The van der Waals surface area contributed by atoms with Crippen molar-refractivity contribution in [2.75, 3.05) is 0 Å². The van der Waals surface area contributed by atoms with Crippen LogP contribution in [0.2, 0.25) is 0 Å². The molecule has 1 aromatic carbocycles. The molecule has 0 spiro atoms. The van der Waals surface area contributed by atoms with E-state index in [2.05, 4.69) is 27.5 Å². The maximum absolute atomic E-state index is 6.24. The number of nitrogens with one attached hydrogen (secondary N) is 1. The average Bonchev–Trinajstić information content (AvgIpc) is 2.96. The van der Waals surface area contributed by atoms with Gasteiger partial charge in [-0.05, 0) is 11.6 Å². The number of thiazole rings is 1. The summed E-state index contributed by atoms with van der Waals surface area (Å²) < 4.78 is 0. The van der Waals surface area contributed by atoms with Crippen LogP contribution >= 0.6 is 11.3 Å². The lowest BCUT2D eigenvalue weighted by atomic mass is 10.0. The lowest BCUT2D eigenvalue weighted by Gasteiger charge is -2.08. The van der Waals surface area contributed by atoms with Gasteiger partial charge in [0.1, 0.15) is 0 Å². The van der Waals surface area contributed by atoms with E-state index in [1.807, 2.05) is 23.8 Å². The fraction of sp³-hybridized carbons (Fsp3) is 0.154. The minimum absolute atomic E-state index is 0.00625. The summed E-state index contributed by atoms with van der Waals surface area (Å²) in [5.41, 5.74) is 11.4. The molecule has 2 heterocycles. The highest BCUT2D eigenvalue weighted by molar-refractivity contribution is 7.07. The van der Waals surface area contributed by atoms with E-state index in [9.17, 15) is 0 Å². The van der Waals surface area contributed by atoms with Gasteiger partial charge in [0.2, 0.25) is 0 Å². The molecule has 0 aliphatic rings. The predicted molar refractivity (Wildman–Crippen MR) is 71.0 cm³/mol. The molecule has 3 rings (SSSR count). The first-order valence-electron chi connectivity index (χ1n) is 5.53. The monoisotopic (exact) mass is 243 g/mol. The zero-order valence-electron chi connectivity index (χ0n) is 9.26. The lowest BCUT2D eigenvalue weighted by Crippen LogP contribution is -2.13. The van der Waals surface area contributed by atoms with Crippen LogP contribution in [0.25, 0.3) is 10.9 Å². The molecule has 3 aromatic rings. The van der Waals surface area contributed by atoms with Gasteiger partial charge in [0.05, 0.1) is 11.2 Å². The van der Waals surface area contributed by atoms with Crippen LogP contribution in [-0.4, -0.2) is 9.97 Å². The van der Waals surface area contributed by atoms with Crippen molar-refractivity contribution < 1.29 is 0 Å². The second-order valence-electron chi connectivity index (χ2n) is 4.08. The quantitative estimate of drug-likeness (QED) is 0.743. The third-order valence-corrected chi connectivity index (χ3v) is 3.57. The number of hydrogen-bond donors (Lipinski definition) is 2. The van der Waals surface area contributed by atoms with E-state index in [0.717, 1.165) is 23.2 Å². The van der Waals surface area contributed by atoms with Crippen molar-refractivity contribution in [3.8, 4) is 0 Å². The zero-order valence-corrected chi connectivity index (χ0v) is 10.1. The summed E-state index contributed by atoms with van der Waals surface area (Å²) in [6.07, 6.45) is 2.78. The van der Waals surface area contributed by atoms with Crippen LogP contribution in [0.5, 0.6) is 0 Å². The molecular formula is C13H13N3S. The number of rotatable bonds is 3. The smallest absolute Gasteiger partial charge is 0.0794 e. The van der Waals surface area contributed by atoms with Crippen LogP contribution in [-0.2, 0) is 6.42 Å². The summed E-state index contributed by atoms with van der Waals surface area (Å²) in [5.74, 6) is 0. The van der Waals surface area contributed by atoms with Gasteiger partial charge in [-0.1, -0.05) is 18.2 Å². The van der Waals surface area contributed by atoms with Crippen LogP contribution < -0.4 is 5.73 Å². The van der Waals surface area contributed by atoms with Gasteiger partial charge in [-0.25, -0.2) is 4.98 Å². The van der Waals surface area contributed by atoms with Crippen molar-refractivity contribution in [1.29, 1.82) is 0 Å². The van der Waals surface area contributed by atoms with E-state index in [4.69, 9.17) is 5.73 Å². The highest BCUT2D eigenvalue weighted by Gasteiger charge is 2.12. The van der Waals surface area contributed by atoms with Gasteiger partial charge in [0.25, 0.3) is 0 Å². The maximum atomic E-state index is 6.24. The largest absolute Gasteiger partial charge is 0.361 e. The van der Waals surface area contributed by atoms with Gasteiger partial charge in [-0.2, -0.15) is 0 Å². The predicted octanol–water partition coefficient (Wildman–Crippen LogP) is 2.87. The Kier molecular flexibility index (Phi) is 2.66. The molecule has 0 bridgehead atoms. The summed E-state index contributed by atoms with van der Waals surface area (Å²) in [6.45, 7) is 0. The van der Waals surface area contributed by atoms with E-state index in [1.54, 1.807) is 11.3 Å². The highest BCUT2D eigenvalue weighted by Crippen LogP contribution is 2.24. The van der Waals surface area contributed by atoms with Crippen molar-refractivity contribution in [2.45, 2.75) is 12.5 Å². The van der Waals surface area contributed by atoms with E-state index in [1.165, 1.54) is 5.39 Å². The minimum Gasteiger partial charge on any atom is -0.361 e. The van der Waals surface area contributed by atoms with Gasteiger partial charge >= 0.3 is 0 Å². The van der Waals surface area contributed by atoms with Crippen LogP contribution in [0.4, 0.5) is 0 Å². The number of nitrogens with two attached hydrogens (primary N) is 1. The summed E-state index contributed by atoms with van der Waals surface area (Å²) in [6, 6.07) is 8.22. The highest BCUT2D eigenvalue weighted by atomic mass is 32.1. The summed E-state index contributed by atoms with van der Waals surface area (Å²) in [4.78, 5) is 7.53. The standard InChI is InChI=1S/C13H13N3S/c14-12(5-9-7-17-8-16-9)11-6-15-13-4-2-1-3-10(11)13/h1-4,6-8,12,15H,5,14H2. The van der Waals surface area contributed by atoms with Crippen LogP contribution in [0.3, 0.4) is 0 Å². The molecule has 2 aromatic heterocycles. The molecule has 0 radical (unpaired) electrons. The Labute approximate surface area is 103 Å². The van der Waals surface area contributed by atoms with Gasteiger partial charge < -0.3 is 10.7 Å². The molecule has 3 N–H and O–H groups in total. The zero-order chi connectivity index (χ0) is 11.7. The van der Waals surface area contributed by atoms with Crippen LogP contribution in [0.15, 0.2) is 41.4 Å². The summed E-state index contributed by atoms with van der Waals surface area (Å²) in [7, 11) is 0. The minimum atomic E-state index is -0.00625. The molecule has 86 valence electrons. The second kappa shape index (κ2) is 4.31. The van der Waals surface area contributed by atoms with Crippen molar-refractivity contribution in [3.05, 3.63) is 52.6 Å². The molecule has 0 aliphatic carbocycles. The molecule has 17 heavy (non-hydrogen) atoms. The normalized spacial score (nSPS) is 13.0. The van der Waals surface area contributed by atoms with Gasteiger partial charge in [-0.15, -0.1) is 11.3 Å². The Morgan fingerprint density at radius 2 is 2.24 bits per heavy atom. The fourth-order valence-corrected chi connectivity index (χ4v) is 2.65. The Balaban J connectivity index is 1.93. The first-order valence-corrected chi connectivity index (χ1v) is 6.47.